The van der Waals surface area contributed by atoms with Crippen molar-refractivity contribution in [2.45, 2.75) is 70.8 Å². The fourth-order valence-electron chi connectivity index (χ4n) is 2.39. The molecule has 0 atom stereocenters. The van der Waals surface area contributed by atoms with Crippen molar-refractivity contribution < 1.29 is 0 Å². The Balaban J connectivity index is 2.29. The van der Waals surface area contributed by atoms with Gasteiger partial charge in [0.05, 0.1) is 0 Å². The van der Waals surface area contributed by atoms with E-state index in [1.54, 1.807) is 0 Å². The highest BCUT2D eigenvalue weighted by Gasteiger charge is 2.18. The van der Waals surface area contributed by atoms with E-state index in [2.05, 4.69) is 13.7 Å². The Hall–Kier alpha value is 0.0649. The molecule has 1 rings (SSSR count). The first kappa shape index (κ1) is 10.1. The van der Waals surface area contributed by atoms with Crippen LogP contribution in [0.15, 0.2) is 0 Å². The molecule has 70 valence electrons. The maximum Gasteiger partial charge on any atom is 0.139 e. The Morgan fingerprint density at radius 3 is 2.00 bits per heavy atom. The molecule has 1 aliphatic carbocycles. The van der Waals surface area contributed by atoms with Crippen molar-refractivity contribution >= 4 is 6.71 Å². The van der Waals surface area contributed by atoms with Gasteiger partial charge in [-0.25, -0.2) is 0 Å². The Morgan fingerprint density at radius 2 is 1.50 bits per heavy atom. The molecule has 0 aliphatic heterocycles. The second-order valence-electron chi connectivity index (χ2n) is 4.49. The normalized spacial score (nSPS) is 21.5. The van der Waals surface area contributed by atoms with Crippen LogP contribution in [0, 0.1) is 0 Å². The predicted molar refractivity (Wildman–Crippen MR) is 58.2 cm³/mol. The van der Waals surface area contributed by atoms with Crippen molar-refractivity contribution in [3.05, 3.63) is 0 Å². The highest BCUT2D eigenvalue weighted by Crippen LogP contribution is 2.30. The van der Waals surface area contributed by atoms with Crippen molar-refractivity contribution in [1.82, 2.24) is 0 Å². The topological polar surface area (TPSA) is 0 Å². The summed E-state index contributed by atoms with van der Waals surface area (Å²) in [4.78, 5) is 0. The Labute approximate surface area is 78.2 Å². The van der Waals surface area contributed by atoms with Gasteiger partial charge in [0, 0.05) is 0 Å². The van der Waals surface area contributed by atoms with Gasteiger partial charge < -0.3 is 0 Å². The summed E-state index contributed by atoms with van der Waals surface area (Å²) in [5, 5.41) is 0. The molecule has 0 aromatic heterocycles. The van der Waals surface area contributed by atoms with Crippen LogP contribution in [0.5, 0.6) is 0 Å². The largest absolute Gasteiger partial charge is 0.139 e. The van der Waals surface area contributed by atoms with Gasteiger partial charge >= 0.3 is 0 Å². The van der Waals surface area contributed by atoms with Crippen LogP contribution in [0.4, 0.5) is 0 Å². The van der Waals surface area contributed by atoms with Gasteiger partial charge in [0.2, 0.25) is 0 Å². The average Bonchev–Trinajstić information content (AvgIpc) is 2.02. The molecule has 0 unspecified atom stereocenters. The molecule has 0 spiro atoms. The lowest BCUT2D eigenvalue weighted by Crippen LogP contribution is -2.16. The van der Waals surface area contributed by atoms with Crippen LogP contribution < -0.4 is 0 Å². The molecule has 0 saturated heterocycles. The number of rotatable bonds is 2. The van der Waals surface area contributed by atoms with E-state index in [-0.39, 0.29) is 0 Å². The third kappa shape index (κ3) is 3.20. The van der Waals surface area contributed by atoms with Crippen molar-refractivity contribution in [1.29, 1.82) is 0 Å². The number of hydrogen-bond acceptors (Lipinski definition) is 0. The van der Waals surface area contributed by atoms with Crippen LogP contribution in [0.3, 0.4) is 0 Å². The molecule has 1 heteroatoms. The first-order valence-electron chi connectivity index (χ1n) is 5.84. The Bertz CT molecular complexity index is 104. The summed E-state index contributed by atoms with van der Waals surface area (Å²) in [6, 6.07) is 0. The van der Waals surface area contributed by atoms with Crippen LogP contribution in [0.1, 0.15) is 51.9 Å². The quantitative estimate of drug-likeness (QED) is 0.538. The van der Waals surface area contributed by atoms with Gasteiger partial charge in [0.1, 0.15) is 6.71 Å². The van der Waals surface area contributed by atoms with Crippen molar-refractivity contribution in [3.63, 3.8) is 0 Å². The van der Waals surface area contributed by atoms with Crippen LogP contribution in [-0.2, 0) is 0 Å². The van der Waals surface area contributed by atoms with Crippen molar-refractivity contribution in [2.24, 2.45) is 0 Å². The van der Waals surface area contributed by atoms with E-state index in [4.69, 9.17) is 0 Å². The lowest BCUT2D eigenvalue weighted by atomic mass is 9.39. The predicted octanol–water partition coefficient (Wildman–Crippen LogP) is 4.25. The van der Waals surface area contributed by atoms with E-state index in [0.717, 1.165) is 12.5 Å². The molecule has 1 aliphatic rings. The van der Waals surface area contributed by atoms with E-state index < -0.39 is 0 Å². The van der Waals surface area contributed by atoms with Crippen LogP contribution in [0.25, 0.3) is 0 Å². The van der Waals surface area contributed by atoms with Crippen LogP contribution in [-0.4, -0.2) is 6.71 Å². The number of hydrogen-bond donors (Lipinski definition) is 0. The fourth-order valence-corrected chi connectivity index (χ4v) is 2.39. The molecule has 0 radical (unpaired) electrons. The summed E-state index contributed by atoms with van der Waals surface area (Å²) < 4.78 is 0. The second kappa shape index (κ2) is 5.67. The minimum Gasteiger partial charge on any atom is -0.0859 e. The Morgan fingerprint density at radius 1 is 1.00 bits per heavy atom. The molecule has 0 amide bonds. The van der Waals surface area contributed by atoms with Gasteiger partial charge in [-0.2, -0.15) is 0 Å². The summed E-state index contributed by atoms with van der Waals surface area (Å²) in [6.45, 7) is 5.75. The SMILES string of the molecule is CCB(C)C1CCCCCCC1. The van der Waals surface area contributed by atoms with Gasteiger partial charge in [-0.3, -0.25) is 0 Å². The summed E-state index contributed by atoms with van der Waals surface area (Å²) in [6.07, 6.45) is 11.9. The molecule has 1 saturated carbocycles. The summed E-state index contributed by atoms with van der Waals surface area (Å²) in [5.74, 6) is 1.05. The molecule has 0 bridgehead atoms. The molecule has 0 aromatic carbocycles. The zero-order chi connectivity index (χ0) is 8.81. The minimum absolute atomic E-state index is 0.975. The standard InChI is InChI=1S/C11H23B/c1-3-12(2)11-9-7-5-4-6-8-10-11/h11H,3-10H2,1-2H3. The average molecular weight is 166 g/mol. The highest BCUT2D eigenvalue weighted by atomic mass is 14.1. The molecule has 0 N–H and O–H groups in total. The molecule has 12 heavy (non-hydrogen) atoms. The summed E-state index contributed by atoms with van der Waals surface area (Å²) in [7, 11) is 0. The zero-order valence-corrected chi connectivity index (χ0v) is 8.81. The van der Waals surface area contributed by atoms with Crippen molar-refractivity contribution in [3.8, 4) is 0 Å². The maximum atomic E-state index is 2.44. The van der Waals surface area contributed by atoms with E-state index in [0.29, 0.717) is 0 Å². The van der Waals surface area contributed by atoms with Crippen LogP contribution >= 0.6 is 0 Å². The molecular formula is C11H23B. The monoisotopic (exact) mass is 166 g/mol. The maximum absolute atomic E-state index is 2.44. The molecular weight excluding hydrogens is 143 g/mol. The highest BCUT2D eigenvalue weighted by molar-refractivity contribution is 6.58. The fraction of sp³-hybridized carbons (Fsp3) is 1.00. The van der Waals surface area contributed by atoms with Gasteiger partial charge in [-0.1, -0.05) is 70.8 Å². The van der Waals surface area contributed by atoms with E-state index in [1.807, 2.05) is 0 Å². The lowest BCUT2D eigenvalue weighted by Gasteiger charge is -2.22. The van der Waals surface area contributed by atoms with E-state index >= 15 is 0 Å². The van der Waals surface area contributed by atoms with Crippen LogP contribution in [0.2, 0.25) is 19.0 Å². The molecule has 1 fully saturated rings. The molecule has 0 nitrogen and oxygen atoms in total. The van der Waals surface area contributed by atoms with E-state index in [9.17, 15) is 0 Å². The molecule has 0 heterocycles. The Kier molecular flexibility index (Phi) is 4.79. The van der Waals surface area contributed by atoms with Gasteiger partial charge in [-0.05, 0) is 0 Å². The van der Waals surface area contributed by atoms with Gasteiger partial charge in [0.25, 0.3) is 0 Å². The first-order valence-corrected chi connectivity index (χ1v) is 5.84. The molecule has 0 aromatic rings. The third-order valence-corrected chi connectivity index (χ3v) is 3.60. The van der Waals surface area contributed by atoms with E-state index in [1.165, 1.54) is 51.3 Å². The minimum atomic E-state index is 0.975. The van der Waals surface area contributed by atoms with Gasteiger partial charge in [0.15, 0.2) is 0 Å². The summed E-state index contributed by atoms with van der Waals surface area (Å²) >= 11 is 0. The van der Waals surface area contributed by atoms with Crippen molar-refractivity contribution in [2.75, 3.05) is 0 Å². The lowest BCUT2D eigenvalue weighted by molar-refractivity contribution is 0.498. The summed E-state index contributed by atoms with van der Waals surface area (Å²) in [5.41, 5.74) is 0. The first-order chi connectivity index (χ1) is 5.84. The second-order valence-corrected chi connectivity index (χ2v) is 4.49. The van der Waals surface area contributed by atoms with Gasteiger partial charge in [-0.15, -0.1) is 0 Å². The third-order valence-electron chi connectivity index (χ3n) is 3.60. The zero-order valence-electron chi connectivity index (χ0n) is 8.81. The smallest absolute Gasteiger partial charge is 0.0859 e.